The lowest BCUT2D eigenvalue weighted by Crippen LogP contribution is -2.29. The zero-order chi connectivity index (χ0) is 17.9. The predicted octanol–water partition coefficient (Wildman–Crippen LogP) is 2.75. The van der Waals surface area contributed by atoms with Crippen LogP contribution in [0.3, 0.4) is 0 Å². The summed E-state index contributed by atoms with van der Waals surface area (Å²) in [6.45, 7) is 3.06. The fraction of sp³-hybridized carbons (Fsp3) is 0.350. The molecule has 0 fully saturated rings. The van der Waals surface area contributed by atoms with Gasteiger partial charge in [0.1, 0.15) is 12.4 Å². The number of anilines is 1. The molecule has 2 N–H and O–H groups in total. The lowest BCUT2D eigenvalue weighted by molar-refractivity contribution is -0.116. The van der Waals surface area contributed by atoms with Gasteiger partial charge >= 0.3 is 0 Å². The van der Waals surface area contributed by atoms with Crippen molar-refractivity contribution in [2.75, 3.05) is 39.0 Å². The minimum atomic E-state index is 0.00954. The molecule has 5 heteroatoms. The minimum Gasteiger partial charge on any atom is -0.489 e. The summed E-state index contributed by atoms with van der Waals surface area (Å²) < 4.78 is 5.74. The fourth-order valence-corrected chi connectivity index (χ4v) is 2.23. The molecule has 0 aliphatic rings. The third-order valence-electron chi connectivity index (χ3n) is 3.65. The first-order chi connectivity index (χ1) is 12.1. The first-order valence-electron chi connectivity index (χ1n) is 8.55. The van der Waals surface area contributed by atoms with Crippen molar-refractivity contribution in [1.29, 1.82) is 0 Å². The predicted molar refractivity (Wildman–Crippen MR) is 102 cm³/mol. The molecule has 0 aliphatic heterocycles. The summed E-state index contributed by atoms with van der Waals surface area (Å²) >= 11 is 0. The molecule has 0 bridgehead atoms. The molecule has 0 spiro atoms. The normalized spacial score (nSPS) is 10.7. The van der Waals surface area contributed by atoms with Crippen LogP contribution in [-0.4, -0.2) is 44.5 Å². The van der Waals surface area contributed by atoms with E-state index in [4.69, 9.17) is 4.74 Å². The largest absolute Gasteiger partial charge is 0.489 e. The average molecular weight is 341 g/mol. The highest BCUT2D eigenvalue weighted by atomic mass is 16.5. The van der Waals surface area contributed by atoms with Crippen LogP contribution in [0.2, 0.25) is 0 Å². The number of rotatable bonds is 10. The van der Waals surface area contributed by atoms with E-state index in [2.05, 4.69) is 15.5 Å². The third kappa shape index (κ3) is 7.83. The second kappa shape index (κ2) is 10.5. The molecule has 1 amide bonds. The number of benzene rings is 2. The number of amides is 1. The van der Waals surface area contributed by atoms with Gasteiger partial charge in [0, 0.05) is 31.7 Å². The van der Waals surface area contributed by atoms with Crippen LogP contribution in [0, 0.1) is 0 Å². The number of ether oxygens (including phenoxy) is 1. The van der Waals surface area contributed by atoms with Gasteiger partial charge in [0.05, 0.1) is 0 Å². The maximum atomic E-state index is 11.9. The van der Waals surface area contributed by atoms with Gasteiger partial charge in [-0.3, -0.25) is 4.79 Å². The quantitative estimate of drug-likeness (QED) is 0.653. The highest BCUT2D eigenvalue weighted by molar-refractivity contribution is 5.90. The van der Waals surface area contributed by atoms with Gasteiger partial charge in [-0.15, -0.1) is 0 Å². The summed E-state index contributed by atoms with van der Waals surface area (Å²) in [5, 5.41) is 6.15. The van der Waals surface area contributed by atoms with Crippen LogP contribution in [0.5, 0.6) is 5.75 Å². The van der Waals surface area contributed by atoms with Crippen molar-refractivity contribution in [3.8, 4) is 5.75 Å². The molecule has 0 aromatic heterocycles. The Labute approximate surface area is 150 Å². The van der Waals surface area contributed by atoms with Crippen molar-refractivity contribution < 1.29 is 9.53 Å². The fourth-order valence-electron chi connectivity index (χ4n) is 2.23. The van der Waals surface area contributed by atoms with E-state index < -0.39 is 0 Å². The highest BCUT2D eigenvalue weighted by Gasteiger charge is 2.03. The molecular weight excluding hydrogens is 314 g/mol. The van der Waals surface area contributed by atoms with Crippen LogP contribution in [0.1, 0.15) is 12.0 Å². The molecule has 25 heavy (non-hydrogen) atoms. The first kappa shape index (κ1) is 19.0. The molecule has 0 atom stereocenters. The number of hydrogen-bond donors (Lipinski definition) is 2. The number of nitrogens with one attached hydrogen (secondary N) is 2. The summed E-state index contributed by atoms with van der Waals surface area (Å²) in [7, 11) is 4.06. The molecular formula is C20H27N3O2. The van der Waals surface area contributed by atoms with Crippen molar-refractivity contribution in [3.05, 3.63) is 60.2 Å². The van der Waals surface area contributed by atoms with E-state index in [-0.39, 0.29) is 5.91 Å². The van der Waals surface area contributed by atoms with Crippen LogP contribution < -0.4 is 15.4 Å². The Hall–Kier alpha value is -2.37. The number of likely N-dealkylation sites (N-methyl/N-ethyl adjacent to an activating group) is 1. The van der Waals surface area contributed by atoms with E-state index in [1.165, 1.54) is 0 Å². The molecule has 5 nitrogen and oxygen atoms in total. The Kier molecular flexibility index (Phi) is 7.95. The van der Waals surface area contributed by atoms with Crippen molar-refractivity contribution in [1.82, 2.24) is 10.2 Å². The Balaban J connectivity index is 1.68. The van der Waals surface area contributed by atoms with Crippen molar-refractivity contribution in [2.45, 2.75) is 13.0 Å². The van der Waals surface area contributed by atoms with Gasteiger partial charge in [0.15, 0.2) is 0 Å². The molecule has 0 saturated carbocycles. The number of hydrogen-bond acceptors (Lipinski definition) is 4. The van der Waals surface area contributed by atoms with E-state index in [9.17, 15) is 4.79 Å². The van der Waals surface area contributed by atoms with Crippen molar-refractivity contribution in [3.63, 3.8) is 0 Å². The molecule has 134 valence electrons. The van der Waals surface area contributed by atoms with Crippen molar-refractivity contribution >= 4 is 11.6 Å². The summed E-state index contributed by atoms with van der Waals surface area (Å²) in [4.78, 5) is 14.0. The smallest absolute Gasteiger partial charge is 0.225 e. The van der Waals surface area contributed by atoms with Crippen LogP contribution >= 0.6 is 0 Å². The zero-order valence-electron chi connectivity index (χ0n) is 15.0. The van der Waals surface area contributed by atoms with Gasteiger partial charge in [-0.2, -0.15) is 0 Å². The number of carbonyl (C=O) groups excluding carboxylic acids is 1. The second-order valence-corrected chi connectivity index (χ2v) is 6.15. The van der Waals surface area contributed by atoms with E-state index >= 15 is 0 Å². The highest BCUT2D eigenvalue weighted by Crippen LogP contribution is 2.17. The molecule has 0 unspecified atom stereocenters. The van der Waals surface area contributed by atoms with Gasteiger partial charge < -0.3 is 20.3 Å². The van der Waals surface area contributed by atoms with E-state index in [0.717, 1.165) is 30.1 Å². The summed E-state index contributed by atoms with van der Waals surface area (Å²) in [5.41, 5.74) is 1.91. The van der Waals surface area contributed by atoms with E-state index in [1.807, 2.05) is 68.7 Å². The van der Waals surface area contributed by atoms with Crippen LogP contribution in [0.15, 0.2) is 54.6 Å². The molecule has 0 aliphatic carbocycles. The Morgan fingerprint density at radius 3 is 2.40 bits per heavy atom. The van der Waals surface area contributed by atoms with Gasteiger partial charge in [0.2, 0.25) is 5.91 Å². The molecule has 2 rings (SSSR count). The van der Waals surface area contributed by atoms with Crippen LogP contribution in [0.25, 0.3) is 0 Å². The first-order valence-corrected chi connectivity index (χ1v) is 8.55. The molecule has 0 heterocycles. The lowest BCUT2D eigenvalue weighted by Gasteiger charge is -2.11. The summed E-state index contributed by atoms with van der Waals surface area (Å²) in [6.07, 6.45) is 0.458. The SMILES string of the molecule is CN(C)CCNCCC(=O)Nc1ccc(OCc2ccccc2)cc1. The summed E-state index contributed by atoms with van der Waals surface area (Å²) in [6, 6.07) is 17.5. The van der Waals surface area contributed by atoms with E-state index in [1.54, 1.807) is 0 Å². The number of carbonyl (C=O) groups is 1. The Bertz CT molecular complexity index is 627. The maximum absolute atomic E-state index is 11.9. The monoisotopic (exact) mass is 341 g/mol. The van der Waals surface area contributed by atoms with Gasteiger partial charge in [0.25, 0.3) is 0 Å². The van der Waals surface area contributed by atoms with Gasteiger partial charge in [-0.25, -0.2) is 0 Å². The third-order valence-corrected chi connectivity index (χ3v) is 3.65. The van der Waals surface area contributed by atoms with Crippen LogP contribution in [0.4, 0.5) is 5.69 Å². The Morgan fingerprint density at radius 1 is 1.00 bits per heavy atom. The molecule has 2 aromatic rings. The lowest BCUT2D eigenvalue weighted by atomic mass is 10.2. The van der Waals surface area contributed by atoms with Crippen LogP contribution in [-0.2, 0) is 11.4 Å². The topological polar surface area (TPSA) is 53.6 Å². The summed E-state index contributed by atoms with van der Waals surface area (Å²) in [5.74, 6) is 0.794. The van der Waals surface area contributed by atoms with Gasteiger partial charge in [-0.05, 0) is 43.9 Å². The molecule has 0 saturated heterocycles. The zero-order valence-corrected chi connectivity index (χ0v) is 15.0. The molecule has 0 radical (unpaired) electrons. The second-order valence-electron chi connectivity index (χ2n) is 6.15. The standard InChI is InChI=1S/C20H27N3O2/c1-23(2)15-14-21-13-12-20(24)22-18-8-10-19(11-9-18)25-16-17-6-4-3-5-7-17/h3-11,21H,12-16H2,1-2H3,(H,22,24). The Morgan fingerprint density at radius 2 is 1.72 bits per heavy atom. The number of nitrogens with zero attached hydrogens (tertiary/aromatic N) is 1. The maximum Gasteiger partial charge on any atom is 0.225 e. The average Bonchev–Trinajstić information content (AvgIpc) is 2.61. The van der Waals surface area contributed by atoms with Crippen molar-refractivity contribution in [2.24, 2.45) is 0 Å². The van der Waals surface area contributed by atoms with Gasteiger partial charge in [-0.1, -0.05) is 30.3 Å². The van der Waals surface area contributed by atoms with E-state index in [0.29, 0.717) is 19.6 Å². The molecule has 2 aromatic carbocycles. The minimum absolute atomic E-state index is 0.00954.